The van der Waals surface area contributed by atoms with Crippen molar-refractivity contribution in [1.29, 1.82) is 0 Å². The second-order valence-corrected chi connectivity index (χ2v) is 6.97. The van der Waals surface area contributed by atoms with Gasteiger partial charge in [-0.25, -0.2) is 4.98 Å². The summed E-state index contributed by atoms with van der Waals surface area (Å²) in [5.41, 5.74) is 4.46. The fraction of sp³-hybridized carbons (Fsp3) is 0.227. The first-order valence-electron chi connectivity index (χ1n) is 9.30. The van der Waals surface area contributed by atoms with Crippen molar-refractivity contribution in [3.63, 3.8) is 0 Å². The molecule has 1 amide bonds. The average molecular weight is 390 g/mol. The summed E-state index contributed by atoms with van der Waals surface area (Å²) < 4.78 is 12.9. The Bertz CT molecular complexity index is 1190. The molecule has 0 saturated carbocycles. The SMILES string of the molecule is COc1cccc(-c2nc3ccc(C(=O)N[C@@H](C)c4cn(C)nc4C)cc3o2)c1. The van der Waals surface area contributed by atoms with Crippen LogP contribution in [0.25, 0.3) is 22.6 Å². The van der Waals surface area contributed by atoms with Gasteiger partial charge in [0.2, 0.25) is 5.89 Å². The lowest BCUT2D eigenvalue weighted by Crippen LogP contribution is -2.26. The second kappa shape index (κ2) is 7.43. The van der Waals surface area contributed by atoms with Crippen LogP contribution in [0.15, 0.2) is 53.1 Å². The van der Waals surface area contributed by atoms with E-state index in [1.807, 2.05) is 51.4 Å². The number of hydrogen-bond donors (Lipinski definition) is 1. The van der Waals surface area contributed by atoms with E-state index in [-0.39, 0.29) is 11.9 Å². The molecular formula is C22H22N4O3. The Morgan fingerprint density at radius 1 is 1.24 bits per heavy atom. The number of aromatic nitrogens is 3. The summed E-state index contributed by atoms with van der Waals surface area (Å²) in [6, 6.07) is 12.6. The number of methoxy groups -OCH3 is 1. The van der Waals surface area contributed by atoms with E-state index in [2.05, 4.69) is 15.4 Å². The average Bonchev–Trinajstić information content (AvgIpc) is 3.29. The molecule has 7 heteroatoms. The lowest BCUT2D eigenvalue weighted by atomic mass is 10.1. The van der Waals surface area contributed by atoms with Gasteiger partial charge in [0, 0.05) is 29.9 Å². The summed E-state index contributed by atoms with van der Waals surface area (Å²) in [5.74, 6) is 1.03. The van der Waals surface area contributed by atoms with Crippen LogP contribution in [0.3, 0.4) is 0 Å². The first-order valence-corrected chi connectivity index (χ1v) is 9.30. The smallest absolute Gasteiger partial charge is 0.251 e. The van der Waals surface area contributed by atoms with Crippen LogP contribution in [0.2, 0.25) is 0 Å². The van der Waals surface area contributed by atoms with Crippen LogP contribution in [-0.2, 0) is 7.05 Å². The van der Waals surface area contributed by atoms with Crippen molar-refractivity contribution in [3.05, 3.63) is 65.5 Å². The molecule has 4 aromatic rings. The first kappa shape index (κ1) is 18.7. The number of benzene rings is 2. The Labute approximate surface area is 168 Å². The first-order chi connectivity index (χ1) is 13.9. The molecule has 1 atom stereocenters. The van der Waals surface area contributed by atoms with Crippen LogP contribution in [0.5, 0.6) is 5.75 Å². The van der Waals surface area contributed by atoms with E-state index in [0.717, 1.165) is 22.6 Å². The molecule has 0 fully saturated rings. The molecule has 148 valence electrons. The topological polar surface area (TPSA) is 82.2 Å². The molecule has 4 rings (SSSR count). The van der Waals surface area contributed by atoms with Gasteiger partial charge in [0.1, 0.15) is 11.3 Å². The van der Waals surface area contributed by atoms with Crippen molar-refractivity contribution in [3.8, 4) is 17.2 Å². The number of amides is 1. The van der Waals surface area contributed by atoms with Gasteiger partial charge < -0.3 is 14.5 Å². The maximum atomic E-state index is 12.7. The third-order valence-electron chi connectivity index (χ3n) is 4.83. The van der Waals surface area contributed by atoms with E-state index < -0.39 is 0 Å². The van der Waals surface area contributed by atoms with Gasteiger partial charge in [0.05, 0.1) is 18.8 Å². The van der Waals surface area contributed by atoms with Gasteiger partial charge in [-0.1, -0.05) is 6.07 Å². The number of fused-ring (bicyclic) bond motifs is 1. The Balaban J connectivity index is 1.58. The molecule has 2 heterocycles. The van der Waals surface area contributed by atoms with Gasteiger partial charge in [-0.2, -0.15) is 5.10 Å². The standard InChI is InChI=1S/C22H22N4O3/c1-13(18-12-26(3)25-14(18)2)23-21(27)15-8-9-19-20(11-15)29-22(24-19)16-6-5-7-17(10-16)28-4/h5-13H,1-4H3,(H,23,27)/t13-/m0/s1. The van der Waals surface area contributed by atoms with Gasteiger partial charge in [-0.15, -0.1) is 0 Å². The number of nitrogens with zero attached hydrogens (tertiary/aromatic N) is 3. The lowest BCUT2D eigenvalue weighted by molar-refractivity contribution is 0.0940. The molecular weight excluding hydrogens is 368 g/mol. The van der Waals surface area contributed by atoms with Crippen molar-refractivity contribution in [2.45, 2.75) is 19.9 Å². The van der Waals surface area contributed by atoms with Gasteiger partial charge in [-0.05, 0) is 50.2 Å². The minimum atomic E-state index is -0.179. The van der Waals surface area contributed by atoms with Crippen LogP contribution in [-0.4, -0.2) is 27.8 Å². The summed E-state index contributed by atoms with van der Waals surface area (Å²) in [4.78, 5) is 17.3. The predicted octanol–water partition coefficient (Wildman–Crippen LogP) is 4.04. The number of ether oxygens (including phenoxy) is 1. The summed E-state index contributed by atoms with van der Waals surface area (Å²) in [6.45, 7) is 3.87. The molecule has 0 radical (unpaired) electrons. The van der Waals surface area contributed by atoms with Crippen LogP contribution in [0.1, 0.15) is 34.6 Å². The van der Waals surface area contributed by atoms with Crippen LogP contribution in [0, 0.1) is 6.92 Å². The minimum Gasteiger partial charge on any atom is -0.497 e. The fourth-order valence-electron chi connectivity index (χ4n) is 3.35. The monoisotopic (exact) mass is 390 g/mol. The van der Waals surface area contributed by atoms with E-state index >= 15 is 0 Å². The van der Waals surface area contributed by atoms with E-state index in [1.165, 1.54) is 0 Å². The molecule has 0 aliphatic carbocycles. The number of aryl methyl sites for hydroxylation is 2. The van der Waals surface area contributed by atoms with Crippen molar-refractivity contribution >= 4 is 17.0 Å². The molecule has 0 aliphatic rings. The van der Waals surface area contributed by atoms with Crippen LogP contribution < -0.4 is 10.1 Å². The van der Waals surface area contributed by atoms with Gasteiger partial charge >= 0.3 is 0 Å². The quantitative estimate of drug-likeness (QED) is 0.556. The molecule has 2 aromatic carbocycles. The molecule has 0 bridgehead atoms. The third kappa shape index (κ3) is 3.71. The molecule has 7 nitrogen and oxygen atoms in total. The Kier molecular flexibility index (Phi) is 4.80. The fourth-order valence-corrected chi connectivity index (χ4v) is 3.35. The number of oxazole rings is 1. The maximum Gasteiger partial charge on any atom is 0.251 e. The number of carbonyl (C=O) groups is 1. The zero-order valence-corrected chi connectivity index (χ0v) is 16.8. The second-order valence-electron chi connectivity index (χ2n) is 6.97. The summed E-state index contributed by atoms with van der Waals surface area (Å²) >= 11 is 0. The minimum absolute atomic E-state index is 0.158. The summed E-state index contributed by atoms with van der Waals surface area (Å²) in [6.07, 6.45) is 1.92. The highest BCUT2D eigenvalue weighted by Gasteiger charge is 2.17. The molecule has 29 heavy (non-hydrogen) atoms. The van der Waals surface area contributed by atoms with Crippen molar-refractivity contribution in [1.82, 2.24) is 20.1 Å². The number of hydrogen-bond acceptors (Lipinski definition) is 5. The lowest BCUT2D eigenvalue weighted by Gasteiger charge is -2.13. The molecule has 1 N–H and O–H groups in total. The Morgan fingerprint density at radius 3 is 2.79 bits per heavy atom. The van der Waals surface area contributed by atoms with Gasteiger partial charge in [-0.3, -0.25) is 9.48 Å². The van der Waals surface area contributed by atoms with E-state index in [0.29, 0.717) is 22.6 Å². The maximum absolute atomic E-state index is 12.7. The van der Waals surface area contributed by atoms with Crippen LogP contribution >= 0.6 is 0 Å². The van der Waals surface area contributed by atoms with Gasteiger partial charge in [0.15, 0.2) is 5.58 Å². The summed E-state index contributed by atoms with van der Waals surface area (Å²) in [7, 11) is 3.48. The Hall–Kier alpha value is -3.61. The third-order valence-corrected chi connectivity index (χ3v) is 4.83. The number of nitrogens with one attached hydrogen (secondary N) is 1. The van der Waals surface area contributed by atoms with Crippen molar-refractivity contribution in [2.24, 2.45) is 7.05 Å². The normalized spacial score (nSPS) is 12.1. The largest absolute Gasteiger partial charge is 0.497 e. The van der Waals surface area contributed by atoms with Crippen molar-refractivity contribution < 1.29 is 13.9 Å². The molecule has 2 aromatic heterocycles. The van der Waals surface area contributed by atoms with Crippen LogP contribution in [0.4, 0.5) is 0 Å². The molecule has 0 spiro atoms. The molecule has 0 aliphatic heterocycles. The van der Waals surface area contributed by atoms with E-state index in [1.54, 1.807) is 30.0 Å². The molecule has 0 unspecified atom stereocenters. The van der Waals surface area contributed by atoms with E-state index in [9.17, 15) is 4.79 Å². The molecule has 0 saturated heterocycles. The van der Waals surface area contributed by atoms with E-state index in [4.69, 9.17) is 9.15 Å². The zero-order valence-electron chi connectivity index (χ0n) is 16.8. The Morgan fingerprint density at radius 2 is 2.07 bits per heavy atom. The highest BCUT2D eigenvalue weighted by molar-refractivity contribution is 5.97. The van der Waals surface area contributed by atoms with Gasteiger partial charge in [0.25, 0.3) is 5.91 Å². The summed E-state index contributed by atoms with van der Waals surface area (Å²) in [5, 5.41) is 7.34. The number of rotatable bonds is 5. The van der Waals surface area contributed by atoms with Crippen molar-refractivity contribution in [2.75, 3.05) is 7.11 Å². The highest BCUT2D eigenvalue weighted by Crippen LogP contribution is 2.27. The number of carbonyl (C=O) groups excluding carboxylic acids is 1. The zero-order chi connectivity index (χ0) is 20.5. The predicted molar refractivity (Wildman–Crippen MR) is 110 cm³/mol. The highest BCUT2D eigenvalue weighted by atomic mass is 16.5.